The van der Waals surface area contributed by atoms with Gasteiger partial charge in [-0.25, -0.2) is 13.6 Å². The smallest absolute Gasteiger partial charge is 0.240 e. The van der Waals surface area contributed by atoms with Crippen molar-refractivity contribution in [1.82, 2.24) is 5.32 Å². The Hall–Kier alpha value is -1.80. The fourth-order valence-electron chi connectivity index (χ4n) is 1.47. The number of rotatable bonds is 5. The summed E-state index contributed by atoms with van der Waals surface area (Å²) in [7, 11) is -3.83. The number of nitrogens with two attached hydrogens (primary N) is 2. The molecule has 0 radical (unpaired) electrons. The van der Waals surface area contributed by atoms with Crippen molar-refractivity contribution in [3.63, 3.8) is 0 Å². The minimum atomic E-state index is -3.83. The van der Waals surface area contributed by atoms with Crippen LogP contribution in [0.5, 0.6) is 0 Å². The number of nitrogen functional groups attached to an aromatic ring is 1. The zero-order valence-corrected chi connectivity index (χ0v) is 11.6. The molecular weight excluding hydrogens is 268 g/mol. The number of carbonyl (C=O) groups excluding carboxylic acids is 1. The Balaban J connectivity index is 2.72. The van der Waals surface area contributed by atoms with Crippen LogP contribution in [-0.2, 0) is 14.8 Å². The molecule has 0 saturated heterocycles. The molecule has 8 heteroatoms. The van der Waals surface area contributed by atoms with Gasteiger partial charge >= 0.3 is 0 Å². The van der Waals surface area contributed by atoms with E-state index < -0.39 is 10.0 Å². The third kappa shape index (κ3) is 4.76. The summed E-state index contributed by atoms with van der Waals surface area (Å²) in [4.78, 5) is 11.3. The Bertz CT molecular complexity index is 569. The lowest BCUT2D eigenvalue weighted by Crippen LogP contribution is -2.34. The topological polar surface area (TPSA) is 127 Å². The van der Waals surface area contributed by atoms with Crippen LogP contribution in [0.15, 0.2) is 23.1 Å². The van der Waals surface area contributed by atoms with Crippen LogP contribution in [0.2, 0.25) is 0 Å². The highest BCUT2D eigenvalue weighted by atomic mass is 32.2. The Morgan fingerprint density at radius 3 is 2.47 bits per heavy atom. The first-order valence-electron chi connectivity index (χ1n) is 5.65. The van der Waals surface area contributed by atoms with Gasteiger partial charge in [0.25, 0.3) is 0 Å². The van der Waals surface area contributed by atoms with E-state index in [0.717, 1.165) is 0 Å². The molecule has 0 atom stereocenters. The molecule has 0 fully saturated rings. The van der Waals surface area contributed by atoms with E-state index in [-0.39, 0.29) is 29.1 Å². The van der Waals surface area contributed by atoms with Crippen LogP contribution in [0.4, 0.5) is 11.4 Å². The van der Waals surface area contributed by atoms with Gasteiger partial charge in [0, 0.05) is 11.7 Å². The van der Waals surface area contributed by atoms with E-state index in [1.54, 1.807) is 0 Å². The Morgan fingerprint density at radius 1 is 1.37 bits per heavy atom. The first-order valence-corrected chi connectivity index (χ1v) is 7.20. The Labute approximate surface area is 112 Å². The van der Waals surface area contributed by atoms with Crippen LogP contribution in [-0.4, -0.2) is 26.9 Å². The van der Waals surface area contributed by atoms with Crippen molar-refractivity contribution in [1.29, 1.82) is 0 Å². The van der Waals surface area contributed by atoms with Gasteiger partial charge in [-0.3, -0.25) is 4.79 Å². The molecular formula is C11H18N4O3S. The molecule has 0 aliphatic carbocycles. The molecule has 0 bridgehead atoms. The number of hydrogen-bond acceptors (Lipinski definition) is 5. The normalized spacial score (nSPS) is 11.4. The van der Waals surface area contributed by atoms with Gasteiger partial charge in [-0.15, -0.1) is 0 Å². The van der Waals surface area contributed by atoms with E-state index >= 15 is 0 Å². The first kappa shape index (κ1) is 15.3. The SMILES string of the molecule is CC(C)NC(=O)CNc1ccc(S(N)(=O)=O)c(N)c1. The second-order valence-electron chi connectivity index (χ2n) is 4.37. The number of anilines is 2. The van der Waals surface area contributed by atoms with Crippen LogP contribution >= 0.6 is 0 Å². The largest absolute Gasteiger partial charge is 0.398 e. The number of amides is 1. The molecule has 0 aliphatic heterocycles. The predicted octanol–water partition coefficient (Wildman–Crippen LogP) is -0.147. The molecule has 0 unspecified atom stereocenters. The van der Waals surface area contributed by atoms with Crippen LogP contribution in [0.1, 0.15) is 13.8 Å². The van der Waals surface area contributed by atoms with Crippen molar-refractivity contribution >= 4 is 27.3 Å². The third-order valence-electron chi connectivity index (χ3n) is 2.22. The Kier molecular flexibility index (Phi) is 4.73. The van der Waals surface area contributed by atoms with Gasteiger partial charge in [-0.2, -0.15) is 0 Å². The van der Waals surface area contributed by atoms with Gasteiger partial charge in [-0.05, 0) is 32.0 Å². The molecule has 19 heavy (non-hydrogen) atoms. The molecule has 1 rings (SSSR count). The number of hydrogen-bond donors (Lipinski definition) is 4. The van der Waals surface area contributed by atoms with Gasteiger partial charge in [0.1, 0.15) is 4.90 Å². The molecule has 1 amide bonds. The van der Waals surface area contributed by atoms with Crippen LogP contribution < -0.4 is 21.5 Å². The molecule has 106 valence electrons. The molecule has 0 spiro atoms. The molecule has 1 aromatic carbocycles. The van der Waals surface area contributed by atoms with Crippen molar-refractivity contribution in [3.8, 4) is 0 Å². The minimum absolute atomic E-state index is 0.0387. The highest BCUT2D eigenvalue weighted by Gasteiger charge is 2.12. The molecule has 6 N–H and O–H groups in total. The fraction of sp³-hybridized carbons (Fsp3) is 0.364. The van der Waals surface area contributed by atoms with Gasteiger partial charge in [0.05, 0.1) is 12.2 Å². The summed E-state index contributed by atoms with van der Waals surface area (Å²) in [5.41, 5.74) is 6.18. The van der Waals surface area contributed by atoms with Crippen molar-refractivity contribution in [2.24, 2.45) is 5.14 Å². The maximum absolute atomic E-state index is 11.4. The number of sulfonamides is 1. The number of benzene rings is 1. The summed E-state index contributed by atoms with van der Waals surface area (Å²) < 4.78 is 22.3. The molecule has 0 aromatic heterocycles. The third-order valence-corrected chi connectivity index (χ3v) is 3.20. The lowest BCUT2D eigenvalue weighted by atomic mass is 10.3. The standard InChI is InChI=1S/C11H18N4O3S/c1-7(2)15-11(16)6-14-8-3-4-10(9(12)5-8)19(13,17)18/h3-5,7,14H,6,12H2,1-2H3,(H,15,16)(H2,13,17,18). The Morgan fingerprint density at radius 2 is 2.00 bits per heavy atom. The summed E-state index contributed by atoms with van der Waals surface area (Å²) in [5, 5.41) is 10.5. The van der Waals surface area contributed by atoms with E-state index in [9.17, 15) is 13.2 Å². The van der Waals surface area contributed by atoms with E-state index in [1.807, 2.05) is 13.8 Å². The van der Waals surface area contributed by atoms with Gasteiger partial charge in [0.15, 0.2) is 0 Å². The van der Waals surface area contributed by atoms with Gasteiger partial charge < -0.3 is 16.4 Å². The second-order valence-corrected chi connectivity index (χ2v) is 5.90. The average molecular weight is 286 g/mol. The van der Waals surface area contributed by atoms with E-state index in [4.69, 9.17) is 10.9 Å². The lowest BCUT2D eigenvalue weighted by Gasteiger charge is -2.11. The van der Waals surface area contributed by atoms with Crippen LogP contribution in [0.25, 0.3) is 0 Å². The van der Waals surface area contributed by atoms with Crippen molar-refractivity contribution in [3.05, 3.63) is 18.2 Å². The summed E-state index contributed by atoms with van der Waals surface area (Å²) in [6.45, 7) is 3.79. The molecule has 0 heterocycles. The van der Waals surface area contributed by atoms with Crippen molar-refractivity contribution < 1.29 is 13.2 Å². The number of carbonyl (C=O) groups is 1. The van der Waals surface area contributed by atoms with Crippen molar-refractivity contribution in [2.45, 2.75) is 24.8 Å². The summed E-state index contributed by atoms with van der Waals surface area (Å²) >= 11 is 0. The number of primary sulfonamides is 1. The molecule has 0 saturated carbocycles. The van der Waals surface area contributed by atoms with E-state index in [1.165, 1.54) is 18.2 Å². The zero-order valence-electron chi connectivity index (χ0n) is 10.8. The highest BCUT2D eigenvalue weighted by Crippen LogP contribution is 2.21. The molecule has 7 nitrogen and oxygen atoms in total. The zero-order chi connectivity index (χ0) is 14.6. The first-order chi connectivity index (χ1) is 8.70. The maximum Gasteiger partial charge on any atom is 0.240 e. The van der Waals surface area contributed by atoms with Crippen LogP contribution in [0, 0.1) is 0 Å². The fourth-order valence-corrected chi connectivity index (χ4v) is 2.12. The summed E-state index contributed by atoms with van der Waals surface area (Å²) in [6, 6.07) is 4.28. The second kappa shape index (κ2) is 5.89. The quantitative estimate of drug-likeness (QED) is 0.560. The summed E-state index contributed by atoms with van der Waals surface area (Å²) in [6.07, 6.45) is 0. The molecule has 0 aliphatic rings. The number of nitrogens with one attached hydrogen (secondary N) is 2. The van der Waals surface area contributed by atoms with Gasteiger partial charge in [0.2, 0.25) is 15.9 Å². The predicted molar refractivity (Wildman–Crippen MR) is 74.0 cm³/mol. The highest BCUT2D eigenvalue weighted by molar-refractivity contribution is 7.89. The van der Waals surface area contributed by atoms with Crippen molar-refractivity contribution in [2.75, 3.05) is 17.6 Å². The maximum atomic E-state index is 11.4. The van der Waals surface area contributed by atoms with Crippen LogP contribution in [0.3, 0.4) is 0 Å². The van der Waals surface area contributed by atoms with Gasteiger partial charge in [-0.1, -0.05) is 0 Å². The van der Waals surface area contributed by atoms with E-state index in [0.29, 0.717) is 5.69 Å². The van der Waals surface area contributed by atoms with E-state index in [2.05, 4.69) is 10.6 Å². The molecule has 1 aromatic rings. The minimum Gasteiger partial charge on any atom is -0.398 e. The average Bonchev–Trinajstić information content (AvgIpc) is 2.23. The monoisotopic (exact) mass is 286 g/mol. The summed E-state index contributed by atoms with van der Waals surface area (Å²) in [5.74, 6) is -0.163. The lowest BCUT2D eigenvalue weighted by molar-refractivity contribution is -0.119.